The predicted octanol–water partition coefficient (Wildman–Crippen LogP) is 16.7. The van der Waals surface area contributed by atoms with Crippen LogP contribution in [0.25, 0.3) is 67.3 Å². The standard InChI is InChI=1S/C62H47N/c1-61(2)56-24-14-13-22-51(56)52-34-31-45(38-58(52)61)63(44-29-26-42(27-30-44)41-18-9-6-10-19-41)46-32-35-53-59(39-46)62(3,4)57-25-15-23-47(60(53)57)43-28-33-50-54(36-40-16-7-5-8-17-40)48-20-11-12-21-49(48)55(50)37-43/h5-39H,1-4H3. The van der Waals surface area contributed by atoms with Gasteiger partial charge in [-0.25, -0.2) is 0 Å². The Morgan fingerprint density at radius 3 is 1.56 bits per heavy atom. The van der Waals surface area contributed by atoms with Crippen LogP contribution in [0.4, 0.5) is 17.1 Å². The van der Waals surface area contributed by atoms with Crippen molar-refractivity contribution in [3.63, 3.8) is 0 Å². The van der Waals surface area contributed by atoms with Crippen molar-refractivity contribution in [1.29, 1.82) is 0 Å². The summed E-state index contributed by atoms with van der Waals surface area (Å²) < 4.78 is 0. The molecule has 9 aromatic rings. The average Bonchev–Trinajstić information content (AvgIpc) is 3.85. The van der Waals surface area contributed by atoms with Gasteiger partial charge in [0, 0.05) is 27.9 Å². The summed E-state index contributed by atoms with van der Waals surface area (Å²) in [6, 6.07) is 76.6. The molecule has 12 rings (SSSR count). The molecule has 0 N–H and O–H groups in total. The van der Waals surface area contributed by atoms with Crippen molar-refractivity contribution in [3.05, 3.63) is 245 Å². The zero-order valence-corrected chi connectivity index (χ0v) is 36.2. The molecule has 3 aliphatic carbocycles. The minimum atomic E-state index is -0.212. The third-order valence-electron chi connectivity index (χ3n) is 14.2. The maximum absolute atomic E-state index is 2.47. The molecule has 0 amide bonds. The van der Waals surface area contributed by atoms with Gasteiger partial charge in [-0.2, -0.15) is 0 Å². The molecule has 63 heavy (non-hydrogen) atoms. The van der Waals surface area contributed by atoms with Crippen molar-refractivity contribution in [2.75, 3.05) is 4.90 Å². The van der Waals surface area contributed by atoms with Gasteiger partial charge in [0.05, 0.1) is 0 Å². The van der Waals surface area contributed by atoms with Crippen LogP contribution in [-0.4, -0.2) is 0 Å². The first kappa shape index (κ1) is 37.3. The summed E-state index contributed by atoms with van der Waals surface area (Å²) in [4.78, 5) is 2.47. The SMILES string of the molecule is CC1(C)c2ccccc2-c2ccc(N(c3ccc(-c4ccccc4)cc3)c3ccc4c(c3)C(C)(C)c3cccc(-c5ccc6c(c5)-c5ccccc5C6=Cc5ccccc5)c3-4)cc21. The molecule has 0 aliphatic heterocycles. The van der Waals surface area contributed by atoms with E-state index in [9.17, 15) is 0 Å². The fourth-order valence-electron chi connectivity index (χ4n) is 11.0. The first-order valence-corrected chi connectivity index (χ1v) is 22.3. The van der Waals surface area contributed by atoms with Crippen LogP contribution in [0.2, 0.25) is 0 Å². The van der Waals surface area contributed by atoms with Crippen molar-refractivity contribution in [1.82, 2.24) is 0 Å². The quantitative estimate of drug-likeness (QED) is 0.162. The highest BCUT2D eigenvalue weighted by Gasteiger charge is 2.39. The second kappa shape index (κ2) is 14.0. The van der Waals surface area contributed by atoms with E-state index in [0.29, 0.717) is 0 Å². The minimum absolute atomic E-state index is 0.109. The fourth-order valence-corrected chi connectivity index (χ4v) is 11.0. The first-order valence-electron chi connectivity index (χ1n) is 22.3. The van der Waals surface area contributed by atoms with Crippen LogP contribution < -0.4 is 4.90 Å². The molecule has 300 valence electrons. The van der Waals surface area contributed by atoms with Crippen molar-refractivity contribution in [2.45, 2.75) is 38.5 Å². The molecule has 0 radical (unpaired) electrons. The van der Waals surface area contributed by atoms with Crippen LogP contribution >= 0.6 is 0 Å². The molecule has 9 aromatic carbocycles. The third-order valence-corrected chi connectivity index (χ3v) is 14.2. The second-order valence-electron chi connectivity index (χ2n) is 18.5. The summed E-state index contributed by atoms with van der Waals surface area (Å²) in [6.07, 6.45) is 2.34. The normalized spacial score (nSPS) is 15.0. The molecule has 0 bridgehead atoms. The smallest absolute Gasteiger partial charge is 0.0465 e. The Kier molecular flexibility index (Phi) is 8.30. The van der Waals surface area contributed by atoms with Crippen molar-refractivity contribution in [3.8, 4) is 55.6 Å². The van der Waals surface area contributed by atoms with Crippen LogP contribution in [0.5, 0.6) is 0 Å². The molecule has 0 saturated carbocycles. The number of benzene rings is 9. The van der Waals surface area contributed by atoms with Gasteiger partial charge in [0.1, 0.15) is 0 Å². The van der Waals surface area contributed by atoms with Gasteiger partial charge in [-0.3, -0.25) is 0 Å². The van der Waals surface area contributed by atoms with Gasteiger partial charge in [-0.1, -0.05) is 191 Å². The molecule has 0 fully saturated rings. The van der Waals surface area contributed by atoms with Gasteiger partial charge in [-0.05, 0) is 149 Å². The van der Waals surface area contributed by atoms with Crippen LogP contribution in [0, 0.1) is 0 Å². The van der Waals surface area contributed by atoms with E-state index in [-0.39, 0.29) is 10.8 Å². The Morgan fingerprint density at radius 2 is 0.810 bits per heavy atom. The highest BCUT2D eigenvalue weighted by atomic mass is 15.1. The van der Waals surface area contributed by atoms with E-state index < -0.39 is 0 Å². The van der Waals surface area contributed by atoms with Gasteiger partial charge in [0.2, 0.25) is 0 Å². The average molecular weight is 806 g/mol. The van der Waals surface area contributed by atoms with Crippen LogP contribution in [0.15, 0.2) is 206 Å². The summed E-state index contributed by atoms with van der Waals surface area (Å²) in [6.45, 7) is 9.54. The van der Waals surface area contributed by atoms with Gasteiger partial charge in [0.15, 0.2) is 0 Å². The van der Waals surface area contributed by atoms with E-state index in [2.05, 4.69) is 245 Å². The summed E-state index contributed by atoms with van der Waals surface area (Å²) in [5.74, 6) is 0. The minimum Gasteiger partial charge on any atom is -0.310 e. The highest BCUT2D eigenvalue weighted by Crippen LogP contribution is 2.56. The molecule has 3 aliphatic rings. The molecule has 0 heterocycles. The van der Waals surface area contributed by atoms with Crippen LogP contribution in [0.1, 0.15) is 66.6 Å². The van der Waals surface area contributed by atoms with E-state index in [1.54, 1.807) is 0 Å². The number of nitrogens with zero attached hydrogens (tertiary/aromatic N) is 1. The lowest BCUT2D eigenvalue weighted by Gasteiger charge is -2.30. The third kappa shape index (κ3) is 5.76. The zero-order valence-electron chi connectivity index (χ0n) is 36.2. The molecule has 0 aromatic heterocycles. The fraction of sp³-hybridized carbons (Fsp3) is 0.0968. The van der Waals surface area contributed by atoms with E-state index in [1.807, 2.05) is 0 Å². The Morgan fingerprint density at radius 1 is 0.317 bits per heavy atom. The predicted molar refractivity (Wildman–Crippen MR) is 266 cm³/mol. The van der Waals surface area contributed by atoms with Gasteiger partial charge < -0.3 is 4.90 Å². The van der Waals surface area contributed by atoms with Crippen LogP contribution in [-0.2, 0) is 10.8 Å². The highest BCUT2D eigenvalue weighted by molar-refractivity contribution is 6.08. The molecule has 0 saturated heterocycles. The van der Waals surface area contributed by atoms with Crippen molar-refractivity contribution in [2.24, 2.45) is 0 Å². The zero-order chi connectivity index (χ0) is 42.5. The Labute approximate surface area is 371 Å². The monoisotopic (exact) mass is 805 g/mol. The summed E-state index contributed by atoms with van der Waals surface area (Å²) >= 11 is 0. The second-order valence-corrected chi connectivity index (χ2v) is 18.5. The molecule has 1 nitrogen and oxygen atoms in total. The lowest BCUT2D eigenvalue weighted by Crippen LogP contribution is -2.18. The Hall–Kier alpha value is -7.48. The number of hydrogen-bond donors (Lipinski definition) is 0. The van der Waals surface area contributed by atoms with Crippen LogP contribution in [0.3, 0.4) is 0 Å². The first-order chi connectivity index (χ1) is 30.8. The lowest BCUT2D eigenvalue weighted by molar-refractivity contribution is 0.660. The Balaban J connectivity index is 0.986. The van der Waals surface area contributed by atoms with Gasteiger partial charge >= 0.3 is 0 Å². The maximum atomic E-state index is 2.47. The maximum Gasteiger partial charge on any atom is 0.0465 e. The van der Waals surface area contributed by atoms with Gasteiger partial charge in [-0.15, -0.1) is 0 Å². The van der Waals surface area contributed by atoms with E-state index >= 15 is 0 Å². The number of hydrogen-bond acceptors (Lipinski definition) is 1. The van der Waals surface area contributed by atoms with Gasteiger partial charge in [0.25, 0.3) is 0 Å². The lowest BCUT2D eigenvalue weighted by atomic mass is 9.81. The van der Waals surface area contributed by atoms with E-state index in [0.717, 1.165) is 17.1 Å². The summed E-state index contributed by atoms with van der Waals surface area (Å²) in [7, 11) is 0. The number of fused-ring (bicyclic) bond motifs is 9. The molecule has 0 atom stereocenters. The Bertz CT molecular complexity index is 3310. The van der Waals surface area contributed by atoms with Crippen molar-refractivity contribution < 1.29 is 0 Å². The summed E-state index contributed by atoms with van der Waals surface area (Å²) in [5, 5.41) is 0. The molecule has 0 spiro atoms. The molecular formula is C62H47N. The van der Waals surface area contributed by atoms with E-state index in [4.69, 9.17) is 0 Å². The number of rotatable bonds is 6. The molecule has 0 unspecified atom stereocenters. The van der Waals surface area contributed by atoms with Crippen molar-refractivity contribution >= 4 is 28.7 Å². The largest absolute Gasteiger partial charge is 0.310 e. The topological polar surface area (TPSA) is 3.24 Å². The molecule has 1 heteroatoms. The molecular weight excluding hydrogens is 759 g/mol. The summed E-state index contributed by atoms with van der Waals surface area (Å²) in [5.41, 5.74) is 26.6. The van der Waals surface area contributed by atoms with E-state index in [1.165, 1.54) is 100 Å². The number of anilines is 3.